The third-order valence-electron chi connectivity index (χ3n) is 7.44. The summed E-state index contributed by atoms with van der Waals surface area (Å²) in [4.78, 5) is 0. The zero-order valence-electron chi connectivity index (χ0n) is 19.4. The molecule has 0 spiro atoms. The van der Waals surface area contributed by atoms with Crippen molar-refractivity contribution in [2.45, 2.75) is 83.5 Å². The second-order valence-electron chi connectivity index (χ2n) is 9.71. The van der Waals surface area contributed by atoms with Gasteiger partial charge in [-0.15, -0.1) is 0 Å². The fourth-order valence-electron chi connectivity index (χ4n) is 5.38. The minimum absolute atomic E-state index is 0.0567. The molecule has 1 aliphatic carbocycles. The van der Waals surface area contributed by atoms with Gasteiger partial charge in [0.05, 0.1) is 0 Å². The lowest BCUT2D eigenvalue weighted by atomic mass is 9.76. The van der Waals surface area contributed by atoms with E-state index in [4.69, 9.17) is 11.6 Å². The van der Waals surface area contributed by atoms with Crippen LogP contribution in [-0.2, 0) is 12.8 Å². The zero-order valence-corrected chi connectivity index (χ0v) is 20.1. The van der Waals surface area contributed by atoms with Gasteiger partial charge in [0.2, 0.25) is 0 Å². The van der Waals surface area contributed by atoms with Gasteiger partial charge in [-0.1, -0.05) is 93.1 Å². The molecule has 3 aromatic rings. The van der Waals surface area contributed by atoms with Gasteiger partial charge in [0, 0.05) is 10.4 Å². The van der Waals surface area contributed by atoms with Crippen LogP contribution in [0.3, 0.4) is 0 Å². The highest BCUT2D eigenvalue weighted by molar-refractivity contribution is 6.30. The number of unbranched alkanes of at least 4 members (excludes halogenated alkanes) is 3. The molecule has 0 N–H and O–H groups in total. The molecule has 1 saturated carbocycles. The molecule has 0 atom stereocenters. The largest absolute Gasteiger partial charge is 0.206 e. The molecule has 0 heterocycles. The average molecular weight is 451 g/mol. The minimum Gasteiger partial charge on any atom is -0.206 e. The summed E-state index contributed by atoms with van der Waals surface area (Å²) in [5.74, 6) is 1.50. The molecule has 2 heteroatoms. The van der Waals surface area contributed by atoms with Crippen molar-refractivity contribution < 1.29 is 4.39 Å². The lowest BCUT2D eigenvalue weighted by molar-refractivity contribution is 0.302. The maximum Gasteiger partial charge on any atom is 0.134 e. The van der Waals surface area contributed by atoms with Gasteiger partial charge < -0.3 is 0 Å². The van der Waals surface area contributed by atoms with E-state index in [2.05, 4.69) is 25.1 Å². The molecule has 0 nitrogen and oxygen atoms in total. The van der Waals surface area contributed by atoms with Gasteiger partial charge in [0.1, 0.15) is 5.82 Å². The summed E-state index contributed by atoms with van der Waals surface area (Å²) in [5.41, 5.74) is 3.38. The van der Waals surface area contributed by atoms with Crippen molar-refractivity contribution in [2.75, 3.05) is 0 Å². The van der Waals surface area contributed by atoms with Gasteiger partial charge in [-0.2, -0.15) is 0 Å². The first kappa shape index (κ1) is 23.3. The molecular weight excluding hydrogens is 415 g/mol. The van der Waals surface area contributed by atoms with Crippen LogP contribution < -0.4 is 0 Å². The Balaban J connectivity index is 1.37. The van der Waals surface area contributed by atoms with E-state index < -0.39 is 0 Å². The fraction of sp³-hybridized carbons (Fsp3) is 0.467. The van der Waals surface area contributed by atoms with Crippen molar-refractivity contribution in [1.82, 2.24) is 0 Å². The normalized spacial score (nSPS) is 18.8. The van der Waals surface area contributed by atoms with Crippen LogP contribution in [-0.4, -0.2) is 0 Å². The van der Waals surface area contributed by atoms with E-state index in [1.165, 1.54) is 68.9 Å². The Kier molecular flexibility index (Phi) is 8.25. The summed E-state index contributed by atoms with van der Waals surface area (Å²) >= 11 is 5.97. The predicted molar refractivity (Wildman–Crippen MR) is 136 cm³/mol. The Bertz CT molecular complexity index is 999. The quantitative estimate of drug-likeness (QED) is 0.284. The molecule has 1 fully saturated rings. The summed E-state index contributed by atoms with van der Waals surface area (Å²) in [5, 5.41) is 2.53. The van der Waals surface area contributed by atoms with Crippen LogP contribution in [0, 0.1) is 11.7 Å². The molecular formula is C30H36ClF. The molecule has 0 aliphatic heterocycles. The topological polar surface area (TPSA) is 0 Å². The van der Waals surface area contributed by atoms with E-state index >= 15 is 4.39 Å². The van der Waals surface area contributed by atoms with Gasteiger partial charge in [-0.3, -0.25) is 0 Å². The summed E-state index contributed by atoms with van der Waals surface area (Å²) in [6, 6.07) is 18.4. The Morgan fingerprint density at radius 1 is 0.844 bits per heavy atom. The SMILES string of the molecule is CCCCCCC1CCC(c2ccc3c(F)c(CCc4ccc(Cl)cc4)ccc3c2)CC1. The molecule has 0 unspecified atom stereocenters. The summed E-state index contributed by atoms with van der Waals surface area (Å²) < 4.78 is 15.2. The highest BCUT2D eigenvalue weighted by Gasteiger charge is 2.22. The summed E-state index contributed by atoms with van der Waals surface area (Å²) in [7, 11) is 0. The Labute approximate surface area is 198 Å². The summed E-state index contributed by atoms with van der Waals surface area (Å²) in [6.07, 6.45) is 13.7. The third-order valence-corrected chi connectivity index (χ3v) is 7.69. The van der Waals surface area contributed by atoms with Crippen molar-refractivity contribution in [1.29, 1.82) is 0 Å². The van der Waals surface area contributed by atoms with Crippen LogP contribution in [0.5, 0.6) is 0 Å². The van der Waals surface area contributed by atoms with Gasteiger partial charge >= 0.3 is 0 Å². The number of fused-ring (bicyclic) bond motifs is 1. The van der Waals surface area contributed by atoms with Crippen LogP contribution in [0.4, 0.5) is 4.39 Å². The Hall–Kier alpha value is -1.86. The van der Waals surface area contributed by atoms with Crippen LogP contribution in [0.25, 0.3) is 10.8 Å². The predicted octanol–water partition coefficient (Wildman–Crippen LogP) is 9.66. The molecule has 3 aromatic carbocycles. The minimum atomic E-state index is -0.0567. The molecule has 1 aliphatic rings. The zero-order chi connectivity index (χ0) is 22.3. The standard InChI is InChI=1S/C30H36ClF/c1-2-3-4-5-6-22-7-12-24(13-8-22)26-17-20-29-27(21-26)16-15-25(30(29)32)14-9-23-10-18-28(31)19-11-23/h10-11,15-22,24H,2-9,12-14H2,1H3. The van der Waals surface area contributed by atoms with Gasteiger partial charge in [-0.05, 0) is 84.6 Å². The molecule has 32 heavy (non-hydrogen) atoms. The Morgan fingerprint density at radius 3 is 2.38 bits per heavy atom. The van der Waals surface area contributed by atoms with Crippen molar-refractivity contribution in [3.63, 3.8) is 0 Å². The van der Waals surface area contributed by atoms with E-state index in [9.17, 15) is 0 Å². The molecule has 0 radical (unpaired) electrons. The van der Waals surface area contributed by atoms with Crippen LogP contribution in [0.15, 0.2) is 54.6 Å². The van der Waals surface area contributed by atoms with Crippen molar-refractivity contribution in [3.05, 3.63) is 82.1 Å². The smallest absolute Gasteiger partial charge is 0.134 e. The van der Waals surface area contributed by atoms with E-state index in [1.54, 1.807) is 0 Å². The number of aryl methyl sites for hydroxylation is 2. The number of benzene rings is 3. The van der Waals surface area contributed by atoms with Gasteiger partial charge in [0.25, 0.3) is 0 Å². The second kappa shape index (κ2) is 11.3. The number of hydrogen-bond acceptors (Lipinski definition) is 0. The van der Waals surface area contributed by atoms with E-state index in [0.717, 1.165) is 33.7 Å². The first-order chi connectivity index (χ1) is 15.6. The molecule has 170 valence electrons. The number of rotatable bonds is 9. The van der Waals surface area contributed by atoms with Gasteiger partial charge in [-0.25, -0.2) is 4.39 Å². The molecule has 0 bridgehead atoms. The van der Waals surface area contributed by atoms with E-state index in [0.29, 0.717) is 12.3 Å². The van der Waals surface area contributed by atoms with Crippen molar-refractivity contribution in [2.24, 2.45) is 5.92 Å². The second-order valence-corrected chi connectivity index (χ2v) is 10.1. The maximum atomic E-state index is 15.2. The molecule has 4 rings (SSSR count). The first-order valence-electron chi connectivity index (χ1n) is 12.6. The lowest BCUT2D eigenvalue weighted by Gasteiger charge is -2.29. The lowest BCUT2D eigenvalue weighted by Crippen LogP contribution is -2.13. The highest BCUT2D eigenvalue weighted by atomic mass is 35.5. The maximum absolute atomic E-state index is 15.2. The summed E-state index contributed by atoms with van der Waals surface area (Å²) in [6.45, 7) is 2.28. The third kappa shape index (κ3) is 5.93. The van der Waals surface area contributed by atoms with Crippen LogP contribution in [0.1, 0.15) is 87.3 Å². The Morgan fingerprint density at radius 2 is 1.62 bits per heavy atom. The van der Waals surface area contributed by atoms with Crippen molar-refractivity contribution in [3.8, 4) is 0 Å². The van der Waals surface area contributed by atoms with Crippen LogP contribution >= 0.6 is 11.6 Å². The monoisotopic (exact) mass is 450 g/mol. The average Bonchev–Trinajstić information content (AvgIpc) is 2.83. The highest BCUT2D eigenvalue weighted by Crippen LogP contribution is 2.39. The van der Waals surface area contributed by atoms with Crippen molar-refractivity contribution >= 4 is 22.4 Å². The molecule has 0 saturated heterocycles. The molecule has 0 amide bonds. The van der Waals surface area contributed by atoms with E-state index in [1.807, 2.05) is 36.4 Å². The van der Waals surface area contributed by atoms with Crippen LogP contribution in [0.2, 0.25) is 5.02 Å². The number of halogens is 2. The van der Waals surface area contributed by atoms with E-state index in [-0.39, 0.29) is 5.82 Å². The van der Waals surface area contributed by atoms with Gasteiger partial charge in [0.15, 0.2) is 0 Å². The molecule has 0 aromatic heterocycles. The first-order valence-corrected chi connectivity index (χ1v) is 13.0. The number of hydrogen-bond donors (Lipinski definition) is 0. The fourth-order valence-corrected chi connectivity index (χ4v) is 5.50.